The van der Waals surface area contributed by atoms with E-state index in [-0.39, 0.29) is 5.78 Å². The molecule has 0 aliphatic rings. The Balaban J connectivity index is 1.92. The molecule has 0 saturated heterocycles. The number of aromatic nitrogens is 2. The molecular weight excluding hydrogens is 252 g/mol. The highest BCUT2D eigenvalue weighted by atomic mass is 32.2. The summed E-state index contributed by atoms with van der Waals surface area (Å²) in [6, 6.07) is 9.32. The topological polar surface area (TPSA) is 42.9 Å². The van der Waals surface area contributed by atoms with E-state index in [0.29, 0.717) is 5.75 Å². The van der Waals surface area contributed by atoms with Crippen LogP contribution in [0.25, 0.3) is 0 Å². The lowest BCUT2D eigenvalue weighted by Gasteiger charge is -1.97. The van der Waals surface area contributed by atoms with Gasteiger partial charge >= 0.3 is 0 Å². The van der Waals surface area contributed by atoms with Crippen LogP contribution in [-0.2, 0) is 6.42 Å². The summed E-state index contributed by atoms with van der Waals surface area (Å²) in [5, 5.41) is 0. The van der Waals surface area contributed by atoms with Crippen LogP contribution in [-0.4, -0.2) is 20.9 Å². The maximum atomic E-state index is 11.8. The highest BCUT2D eigenvalue weighted by molar-refractivity contribution is 8.01. The van der Waals surface area contributed by atoms with Crippen LogP contribution in [0, 0.1) is 0 Å². The van der Waals surface area contributed by atoms with E-state index in [0.717, 1.165) is 22.1 Å². The van der Waals surface area contributed by atoms with Gasteiger partial charge in [-0.1, -0.05) is 49.0 Å². The molecule has 0 aliphatic heterocycles. The average molecular weight is 264 g/mol. The number of carbonyl (C=O) groups is 1. The van der Waals surface area contributed by atoms with Gasteiger partial charge in [0, 0.05) is 12.0 Å². The van der Waals surface area contributed by atoms with E-state index in [1.807, 2.05) is 37.3 Å². The van der Waals surface area contributed by atoms with Gasteiger partial charge in [0.15, 0.2) is 10.1 Å². The lowest BCUT2D eigenvalue weighted by molar-refractivity contribution is 0.102. The van der Waals surface area contributed by atoms with Crippen molar-refractivity contribution in [1.82, 2.24) is 9.36 Å². The zero-order valence-corrected chi connectivity index (χ0v) is 11.1. The van der Waals surface area contributed by atoms with Crippen LogP contribution in [0.4, 0.5) is 0 Å². The zero-order chi connectivity index (χ0) is 12.1. The molecule has 1 aromatic heterocycles. The molecule has 2 rings (SSSR count). The van der Waals surface area contributed by atoms with Crippen molar-refractivity contribution in [1.29, 1.82) is 0 Å². The van der Waals surface area contributed by atoms with E-state index in [1.54, 1.807) is 0 Å². The Bertz CT molecular complexity index is 496. The third kappa shape index (κ3) is 3.38. The van der Waals surface area contributed by atoms with Gasteiger partial charge in [-0.15, -0.1) is 0 Å². The minimum atomic E-state index is 0.129. The number of rotatable bonds is 5. The van der Waals surface area contributed by atoms with E-state index < -0.39 is 0 Å². The molecule has 1 heterocycles. The van der Waals surface area contributed by atoms with Crippen LogP contribution in [0.5, 0.6) is 0 Å². The second-order valence-corrected chi connectivity index (χ2v) is 5.38. The Labute approximate surface area is 108 Å². The SMILES string of the molecule is CCc1nsc(SCC(=O)c2ccccc2)n1. The number of hydrogen-bond acceptors (Lipinski definition) is 5. The summed E-state index contributed by atoms with van der Waals surface area (Å²) in [5.41, 5.74) is 0.750. The fourth-order valence-corrected chi connectivity index (χ4v) is 2.86. The van der Waals surface area contributed by atoms with E-state index in [9.17, 15) is 4.79 Å². The Morgan fingerprint density at radius 3 is 2.76 bits per heavy atom. The summed E-state index contributed by atoms with van der Waals surface area (Å²) in [7, 11) is 0. The number of ketones is 1. The average Bonchev–Trinajstić information content (AvgIpc) is 2.85. The number of benzene rings is 1. The molecule has 5 heteroatoms. The predicted octanol–water partition coefficient (Wildman–Crippen LogP) is 3.08. The minimum Gasteiger partial charge on any atom is -0.293 e. The molecule has 88 valence electrons. The summed E-state index contributed by atoms with van der Waals surface area (Å²) in [6.07, 6.45) is 0.837. The van der Waals surface area contributed by atoms with Gasteiger partial charge in [-0.2, -0.15) is 4.37 Å². The van der Waals surface area contributed by atoms with Crippen LogP contribution in [0.1, 0.15) is 23.1 Å². The quantitative estimate of drug-likeness (QED) is 0.615. The first-order chi connectivity index (χ1) is 8.29. The molecule has 0 amide bonds. The second kappa shape index (κ2) is 5.93. The van der Waals surface area contributed by atoms with Crippen LogP contribution in [0.3, 0.4) is 0 Å². The Morgan fingerprint density at radius 1 is 1.35 bits per heavy atom. The molecule has 3 nitrogen and oxygen atoms in total. The maximum absolute atomic E-state index is 11.8. The molecule has 0 bridgehead atoms. The number of aryl methyl sites for hydroxylation is 1. The van der Waals surface area contributed by atoms with Crippen LogP contribution in [0.15, 0.2) is 34.7 Å². The molecule has 0 spiro atoms. The van der Waals surface area contributed by atoms with Gasteiger partial charge in [-0.05, 0) is 11.5 Å². The minimum absolute atomic E-state index is 0.129. The molecule has 0 N–H and O–H groups in total. The van der Waals surface area contributed by atoms with E-state index in [1.165, 1.54) is 23.3 Å². The zero-order valence-electron chi connectivity index (χ0n) is 9.42. The van der Waals surface area contributed by atoms with Gasteiger partial charge in [0.2, 0.25) is 0 Å². The van der Waals surface area contributed by atoms with Crippen molar-refractivity contribution in [3.63, 3.8) is 0 Å². The molecule has 17 heavy (non-hydrogen) atoms. The lowest BCUT2D eigenvalue weighted by Crippen LogP contribution is -2.01. The van der Waals surface area contributed by atoms with Gasteiger partial charge in [0.05, 0.1) is 5.75 Å². The first-order valence-electron chi connectivity index (χ1n) is 5.33. The van der Waals surface area contributed by atoms with E-state index in [4.69, 9.17) is 0 Å². The Morgan fingerprint density at radius 2 is 2.12 bits per heavy atom. The predicted molar refractivity (Wildman–Crippen MR) is 70.8 cm³/mol. The Kier molecular flexibility index (Phi) is 4.28. The third-order valence-corrected chi connectivity index (χ3v) is 4.06. The number of Topliss-reactive ketones (excluding diaryl/α,β-unsaturated/α-hetero) is 1. The van der Waals surface area contributed by atoms with Crippen molar-refractivity contribution in [2.45, 2.75) is 17.7 Å². The first-order valence-corrected chi connectivity index (χ1v) is 7.09. The highest BCUT2D eigenvalue weighted by Crippen LogP contribution is 2.21. The maximum Gasteiger partial charge on any atom is 0.173 e. The van der Waals surface area contributed by atoms with Gasteiger partial charge in [0.1, 0.15) is 5.82 Å². The van der Waals surface area contributed by atoms with Crippen molar-refractivity contribution in [2.75, 3.05) is 5.75 Å². The normalized spacial score (nSPS) is 10.4. The molecule has 0 aliphatic carbocycles. The summed E-state index contributed by atoms with van der Waals surface area (Å²) in [4.78, 5) is 16.1. The molecule has 1 aromatic carbocycles. The van der Waals surface area contributed by atoms with Crippen LogP contribution < -0.4 is 0 Å². The highest BCUT2D eigenvalue weighted by Gasteiger charge is 2.08. The smallest absolute Gasteiger partial charge is 0.173 e. The number of thioether (sulfide) groups is 1. The summed E-state index contributed by atoms with van der Waals surface area (Å²) in [6.45, 7) is 2.02. The van der Waals surface area contributed by atoms with Gasteiger partial charge < -0.3 is 0 Å². The monoisotopic (exact) mass is 264 g/mol. The molecule has 0 radical (unpaired) electrons. The summed E-state index contributed by atoms with van der Waals surface area (Å²) < 4.78 is 5.05. The van der Waals surface area contributed by atoms with Crippen LogP contribution >= 0.6 is 23.3 Å². The number of hydrogen-bond donors (Lipinski definition) is 0. The lowest BCUT2D eigenvalue weighted by atomic mass is 10.2. The fraction of sp³-hybridized carbons (Fsp3) is 0.250. The molecule has 0 unspecified atom stereocenters. The number of carbonyl (C=O) groups excluding carboxylic acids is 1. The largest absolute Gasteiger partial charge is 0.293 e. The summed E-state index contributed by atoms with van der Waals surface area (Å²) >= 11 is 2.82. The molecule has 2 aromatic rings. The van der Waals surface area contributed by atoms with Crippen molar-refractivity contribution >= 4 is 29.1 Å². The van der Waals surface area contributed by atoms with Crippen molar-refractivity contribution < 1.29 is 4.79 Å². The van der Waals surface area contributed by atoms with Crippen molar-refractivity contribution in [3.05, 3.63) is 41.7 Å². The van der Waals surface area contributed by atoms with E-state index >= 15 is 0 Å². The molecule has 0 fully saturated rings. The molecular formula is C12H12N2OS2. The first kappa shape index (κ1) is 12.3. The molecule has 0 saturated carbocycles. The Hall–Kier alpha value is -1.20. The summed E-state index contributed by atoms with van der Waals surface area (Å²) in [5.74, 6) is 1.40. The standard InChI is InChI=1S/C12H12N2OS2/c1-2-11-13-12(17-14-11)16-8-10(15)9-6-4-3-5-7-9/h3-7H,2,8H2,1H3. The third-order valence-electron chi connectivity index (χ3n) is 2.19. The van der Waals surface area contributed by atoms with Gasteiger partial charge in [0.25, 0.3) is 0 Å². The fourth-order valence-electron chi connectivity index (χ4n) is 1.27. The van der Waals surface area contributed by atoms with Gasteiger partial charge in [-0.3, -0.25) is 4.79 Å². The van der Waals surface area contributed by atoms with Crippen LogP contribution in [0.2, 0.25) is 0 Å². The van der Waals surface area contributed by atoms with Crippen molar-refractivity contribution in [3.8, 4) is 0 Å². The van der Waals surface area contributed by atoms with Gasteiger partial charge in [-0.25, -0.2) is 4.98 Å². The number of nitrogens with zero attached hydrogens (tertiary/aromatic N) is 2. The second-order valence-electron chi connectivity index (χ2n) is 3.41. The van der Waals surface area contributed by atoms with Crippen molar-refractivity contribution in [2.24, 2.45) is 0 Å². The molecule has 0 atom stereocenters. The van der Waals surface area contributed by atoms with E-state index in [2.05, 4.69) is 9.36 Å².